The first-order chi connectivity index (χ1) is 23.5. The van der Waals surface area contributed by atoms with Gasteiger partial charge in [-0.25, -0.2) is 0 Å². The van der Waals surface area contributed by atoms with Crippen molar-refractivity contribution >= 4 is 12.2 Å². The molecule has 1 fully saturated rings. The van der Waals surface area contributed by atoms with Crippen molar-refractivity contribution in [3.8, 4) is 22.3 Å². The zero-order valence-electron chi connectivity index (χ0n) is 32.8. The number of benzene rings is 4. The zero-order chi connectivity index (χ0) is 34.8. The van der Waals surface area contributed by atoms with Crippen LogP contribution in [-0.2, 0) is 20.3 Å². The minimum Gasteiger partial charge on any atom is -1.00 e. The van der Waals surface area contributed by atoms with Gasteiger partial charge in [0.1, 0.15) is 0 Å². The van der Waals surface area contributed by atoms with E-state index in [2.05, 4.69) is 130 Å². The summed E-state index contributed by atoms with van der Waals surface area (Å²) < 4.78 is 4.41. The van der Waals surface area contributed by atoms with Crippen molar-refractivity contribution < 1.29 is 45.1 Å². The van der Waals surface area contributed by atoms with Gasteiger partial charge in [0.05, 0.1) is 0 Å². The van der Waals surface area contributed by atoms with Crippen LogP contribution in [0.2, 0.25) is 8.26 Å². The van der Waals surface area contributed by atoms with E-state index in [1.54, 1.807) is 44.5 Å². The maximum atomic E-state index is 2.74. The van der Waals surface area contributed by atoms with Gasteiger partial charge in [0, 0.05) is 0 Å². The van der Waals surface area contributed by atoms with Crippen LogP contribution >= 0.6 is 0 Å². The van der Waals surface area contributed by atoms with E-state index < -0.39 is 20.3 Å². The van der Waals surface area contributed by atoms with Crippen LogP contribution in [-0.4, -0.2) is 0 Å². The number of hydrogen-bond acceptors (Lipinski definition) is 0. The van der Waals surface area contributed by atoms with E-state index in [4.69, 9.17) is 0 Å². The Morgan fingerprint density at radius 1 is 0.510 bits per heavy atom. The monoisotopic (exact) mass is 794 g/mol. The maximum Gasteiger partial charge on any atom is -1.00 e. The Balaban J connectivity index is 0.00000252. The average molecular weight is 797 g/mol. The van der Waals surface area contributed by atoms with Gasteiger partial charge >= 0.3 is 304 Å². The van der Waals surface area contributed by atoms with Crippen LogP contribution in [0.1, 0.15) is 126 Å². The molecule has 0 aromatic heterocycles. The molecule has 0 N–H and O–H groups in total. The van der Waals surface area contributed by atoms with Crippen molar-refractivity contribution in [3.63, 3.8) is 0 Å². The molecule has 2 atom stereocenters. The molecular weight excluding hydrogens is 739 g/mol. The van der Waals surface area contributed by atoms with Crippen molar-refractivity contribution in [2.24, 2.45) is 0 Å². The molecule has 2 unspecified atom stereocenters. The first kappa shape index (κ1) is 40.0. The number of halogens is 2. The Morgan fingerprint density at radius 3 is 1.25 bits per heavy atom. The number of hydrogen-bond donors (Lipinski definition) is 0. The van der Waals surface area contributed by atoms with Gasteiger partial charge in [-0.15, -0.1) is 0 Å². The van der Waals surface area contributed by atoms with E-state index in [-0.39, 0.29) is 24.8 Å². The number of rotatable bonds is 10. The molecule has 0 bridgehead atoms. The normalized spacial score (nSPS) is 17.4. The van der Waals surface area contributed by atoms with Gasteiger partial charge in [-0.3, -0.25) is 0 Å². The fraction of sp³-hybridized carbons (Fsp3) is 0.417. The van der Waals surface area contributed by atoms with Gasteiger partial charge < -0.3 is 24.8 Å². The Hall–Kier alpha value is -2.18. The quantitative estimate of drug-likeness (QED) is 0.151. The molecule has 4 aromatic carbocycles. The third-order valence-corrected chi connectivity index (χ3v) is 26.2. The van der Waals surface area contributed by atoms with Crippen molar-refractivity contribution in [2.75, 3.05) is 0 Å². The van der Waals surface area contributed by atoms with Crippen LogP contribution in [0, 0.1) is 55.4 Å². The summed E-state index contributed by atoms with van der Waals surface area (Å²) in [6.07, 6.45) is 13.1. The van der Waals surface area contributed by atoms with E-state index >= 15 is 0 Å². The molecule has 0 spiro atoms. The standard InChI is InChI=1S/2C23H27.C2H4.2ClH.Zr/c2*1-6-7-10-19-13-21-18(5)16(3)12-22(23(21)14-19)20-11-8-9-15(2)17(20)4;1-2;;;/h2*8-9,11-14H,6-7,10H2,1-5H3;1-2H2;2*1H;/q;;;;;+2/p-2. The second kappa shape index (κ2) is 15.7. The van der Waals surface area contributed by atoms with Gasteiger partial charge in [-0.2, -0.15) is 0 Å². The van der Waals surface area contributed by atoms with E-state index in [9.17, 15) is 0 Å². The molecule has 0 nitrogen and oxygen atoms in total. The van der Waals surface area contributed by atoms with Crippen LogP contribution in [0.5, 0.6) is 0 Å². The average Bonchev–Trinajstić information content (AvgIpc) is 3.62. The number of fused-ring (bicyclic) bond motifs is 2. The third-order valence-electron chi connectivity index (χ3n) is 13.3. The summed E-state index contributed by atoms with van der Waals surface area (Å²) in [5.74, 6) is 0. The van der Waals surface area contributed by atoms with E-state index in [0.717, 1.165) is 0 Å². The first-order valence-electron chi connectivity index (χ1n) is 19.4. The largest absolute Gasteiger partial charge is 1.00 e. The Bertz CT molecular complexity index is 1900. The zero-order valence-corrected chi connectivity index (χ0v) is 36.8. The first-order valence-corrected chi connectivity index (χ1v) is 25.7. The van der Waals surface area contributed by atoms with Gasteiger partial charge in [-0.1, -0.05) is 0 Å². The van der Waals surface area contributed by atoms with Crippen molar-refractivity contribution in [3.05, 3.63) is 126 Å². The maximum absolute atomic E-state index is 2.93. The molecule has 2 aliphatic carbocycles. The van der Waals surface area contributed by atoms with Crippen LogP contribution < -0.4 is 24.8 Å². The molecule has 4 aromatic rings. The second-order valence-electron chi connectivity index (χ2n) is 16.1. The molecule has 268 valence electrons. The summed E-state index contributed by atoms with van der Waals surface area (Å²) in [5.41, 5.74) is 27.8. The summed E-state index contributed by atoms with van der Waals surface area (Å²) in [4.78, 5) is 0. The summed E-state index contributed by atoms with van der Waals surface area (Å²) in [6, 6.07) is 18.9. The smallest absolute Gasteiger partial charge is 1.00 e. The van der Waals surface area contributed by atoms with Crippen molar-refractivity contribution in [1.29, 1.82) is 0 Å². The van der Waals surface area contributed by atoms with Crippen LogP contribution in [0.25, 0.3) is 34.4 Å². The van der Waals surface area contributed by atoms with Gasteiger partial charge in [0.2, 0.25) is 0 Å². The predicted molar refractivity (Wildman–Crippen MR) is 212 cm³/mol. The SMILES string of the molecule is CCCCC1=Cc2c(-c3cccc(C)c3C)cc(C)c(C)c2[CH]1[Zr+2]1([CH]2C(CCCC)=Cc3c(-c4cccc(C)c4C)cc(C)c(C)c32)[CH2][CH2]1.[Cl-].[Cl-]. The van der Waals surface area contributed by atoms with Crippen LogP contribution in [0.3, 0.4) is 0 Å². The predicted octanol–water partition coefficient (Wildman–Crippen LogP) is 8.46. The minimum absolute atomic E-state index is 0. The fourth-order valence-corrected chi connectivity index (χ4v) is 27.8. The summed E-state index contributed by atoms with van der Waals surface area (Å²) in [7, 11) is 0. The van der Waals surface area contributed by atoms with Gasteiger partial charge in [0.25, 0.3) is 0 Å². The number of aryl methyl sites for hydroxylation is 4. The van der Waals surface area contributed by atoms with E-state index in [1.165, 1.54) is 102 Å². The molecule has 7 rings (SSSR count). The van der Waals surface area contributed by atoms with E-state index in [1.807, 2.05) is 0 Å². The second-order valence-corrected chi connectivity index (χ2v) is 27.5. The molecule has 3 aliphatic rings. The minimum atomic E-state index is -2.93. The molecule has 0 amide bonds. The Kier molecular flexibility index (Phi) is 12.3. The fourth-order valence-electron chi connectivity index (χ4n) is 9.82. The summed E-state index contributed by atoms with van der Waals surface area (Å²) in [5, 5.41) is 0. The summed E-state index contributed by atoms with van der Waals surface area (Å²) in [6.45, 7) is 23.7. The molecule has 0 saturated carbocycles. The number of unbranched alkanes of at least 4 members (excludes halogenated alkanes) is 2. The van der Waals surface area contributed by atoms with Crippen molar-refractivity contribution in [1.82, 2.24) is 0 Å². The molecule has 0 radical (unpaired) electrons. The molecule has 3 heteroatoms. The van der Waals surface area contributed by atoms with Crippen LogP contribution in [0.15, 0.2) is 59.7 Å². The van der Waals surface area contributed by atoms with Crippen LogP contribution in [0.4, 0.5) is 0 Å². The summed E-state index contributed by atoms with van der Waals surface area (Å²) >= 11 is -2.93. The molecule has 51 heavy (non-hydrogen) atoms. The topological polar surface area (TPSA) is 0 Å². The van der Waals surface area contributed by atoms with Crippen molar-refractivity contribution in [2.45, 2.75) is 123 Å². The molecule has 1 saturated heterocycles. The van der Waals surface area contributed by atoms with E-state index in [0.29, 0.717) is 7.25 Å². The molecule has 1 aliphatic heterocycles. The Morgan fingerprint density at radius 2 is 0.902 bits per heavy atom. The van der Waals surface area contributed by atoms with Gasteiger partial charge in [-0.05, 0) is 0 Å². The molecule has 1 heterocycles. The Labute approximate surface area is 326 Å². The van der Waals surface area contributed by atoms with Gasteiger partial charge in [0.15, 0.2) is 0 Å². The number of allylic oxidation sites excluding steroid dienone is 2. The molecular formula is C48H58Cl2Zr. The third kappa shape index (κ3) is 6.66.